The number of esters is 1. The van der Waals surface area contributed by atoms with Crippen LogP contribution < -0.4 is 5.32 Å². The van der Waals surface area contributed by atoms with Crippen LogP contribution in [0.15, 0.2) is 48.6 Å². The summed E-state index contributed by atoms with van der Waals surface area (Å²) < 4.78 is 17.6. The summed E-state index contributed by atoms with van der Waals surface area (Å²) >= 11 is 0. The van der Waals surface area contributed by atoms with Gasteiger partial charge in [0, 0.05) is 6.42 Å². The lowest BCUT2D eigenvalue weighted by Crippen LogP contribution is -2.61. The van der Waals surface area contributed by atoms with E-state index >= 15 is 0 Å². The first-order valence-corrected chi connectivity index (χ1v) is 28.4. The highest BCUT2D eigenvalue weighted by Crippen LogP contribution is 2.26. The monoisotopic (exact) mass is 976 g/mol. The van der Waals surface area contributed by atoms with E-state index in [4.69, 9.17) is 14.2 Å². The lowest BCUT2D eigenvalue weighted by Gasteiger charge is -2.41. The van der Waals surface area contributed by atoms with Gasteiger partial charge in [-0.25, -0.2) is 0 Å². The Morgan fingerprint density at radius 3 is 1.55 bits per heavy atom. The number of allylic oxidation sites excluding steroid dienone is 7. The summed E-state index contributed by atoms with van der Waals surface area (Å²) in [4.78, 5) is 26.4. The quantitative estimate of drug-likeness (QED) is 0.0149. The highest BCUT2D eigenvalue weighted by Gasteiger charge is 2.47. The van der Waals surface area contributed by atoms with Crippen LogP contribution in [-0.4, -0.2) is 99.6 Å². The standard InChI is InChI=1S/C58H105NO10/c1-4-7-10-13-16-19-22-25-26-28-31-34-37-40-43-46-53(63)69-56-55(65)54(64)52(47-60)68-58(56)67-48-49(50(61)44-41-38-35-32-30-27-23-20-17-14-11-8-5-2)59-57(66)51(62)45-42-39-36-33-29-24-21-18-15-12-9-6-3/h7,10,13,16,19,22,41,44,49-52,54-56,58,60-62,64-65H,4-6,8-9,11-12,14-15,17-18,20-21,23-40,42-43,45-48H2,1-3H3,(H,59,66)/b10-7+,16-13+,22-19+,44-41+. The van der Waals surface area contributed by atoms with Crippen molar-refractivity contribution >= 4 is 11.9 Å². The van der Waals surface area contributed by atoms with Crippen LogP contribution in [0.3, 0.4) is 0 Å². The molecule has 0 aromatic heterocycles. The highest BCUT2D eigenvalue weighted by atomic mass is 16.7. The van der Waals surface area contributed by atoms with Crippen molar-refractivity contribution in [3.63, 3.8) is 0 Å². The molecule has 1 aliphatic heterocycles. The Morgan fingerprint density at radius 2 is 1.04 bits per heavy atom. The van der Waals surface area contributed by atoms with Crippen LogP contribution in [0.5, 0.6) is 0 Å². The second kappa shape index (κ2) is 46.7. The Balaban J connectivity index is 2.75. The van der Waals surface area contributed by atoms with Gasteiger partial charge in [-0.3, -0.25) is 9.59 Å². The van der Waals surface area contributed by atoms with Crippen LogP contribution in [0, 0.1) is 0 Å². The fourth-order valence-electron chi connectivity index (χ4n) is 8.77. The van der Waals surface area contributed by atoms with Crippen molar-refractivity contribution in [3.8, 4) is 0 Å². The first-order chi connectivity index (χ1) is 33.7. The molecular weight excluding hydrogens is 871 g/mol. The smallest absolute Gasteiger partial charge is 0.306 e. The van der Waals surface area contributed by atoms with Gasteiger partial charge in [0.2, 0.25) is 5.91 Å². The Hall–Kier alpha value is -2.38. The summed E-state index contributed by atoms with van der Waals surface area (Å²) in [5.74, 6) is -1.20. The predicted molar refractivity (Wildman–Crippen MR) is 283 cm³/mol. The molecule has 0 aromatic carbocycles. The number of nitrogens with one attached hydrogen (secondary N) is 1. The van der Waals surface area contributed by atoms with Crippen molar-refractivity contribution in [2.24, 2.45) is 0 Å². The molecule has 11 heteroatoms. The van der Waals surface area contributed by atoms with Gasteiger partial charge in [0.15, 0.2) is 12.4 Å². The minimum atomic E-state index is -1.62. The Kier molecular flexibility index (Phi) is 43.7. The third kappa shape index (κ3) is 35.4. The SMILES string of the molecule is CC/C=C/C=C/C=C/CCCCCCCCCC(=O)OC1C(OCC(NC(=O)C(O)CCCCCCCCCCCCCC)C(O)/C=C/CCCCCCCCCCCCC)OC(CO)C(O)C1O. The number of aliphatic hydroxyl groups excluding tert-OH is 5. The summed E-state index contributed by atoms with van der Waals surface area (Å²) in [6.07, 6.45) is 44.4. The molecule has 8 unspecified atom stereocenters. The summed E-state index contributed by atoms with van der Waals surface area (Å²) in [7, 11) is 0. The van der Waals surface area contributed by atoms with E-state index in [2.05, 4.69) is 56.5 Å². The highest BCUT2D eigenvalue weighted by molar-refractivity contribution is 5.80. The van der Waals surface area contributed by atoms with Crippen LogP contribution in [0.25, 0.3) is 0 Å². The van der Waals surface area contributed by atoms with Crippen LogP contribution in [0.1, 0.15) is 245 Å². The third-order valence-corrected chi connectivity index (χ3v) is 13.3. The molecule has 0 radical (unpaired) electrons. The fourth-order valence-corrected chi connectivity index (χ4v) is 8.77. The summed E-state index contributed by atoms with van der Waals surface area (Å²) in [6.45, 7) is 5.64. The normalized spacial score (nSPS) is 20.1. The zero-order valence-electron chi connectivity index (χ0n) is 44.2. The van der Waals surface area contributed by atoms with E-state index in [1.165, 1.54) is 109 Å². The van der Waals surface area contributed by atoms with E-state index in [1.807, 2.05) is 12.2 Å². The van der Waals surface area contributed by atoms with E-state index in [0.29, 0.717) is 19.3 Å². The van der Waals surface area contributed by atoms with Gasteiger partial charge in [0.25, 0.3) is 0 Å². The number of rotatable bonds is 47. The number of aliphatic hydroxyl groups is 5. The first kappa shape index (κ1) is 64.6. The van der Waals surface area contributed by atoms with E-state index in [9.17, 15) is 35.1 Å². The average Bonchev–Trinajstić information content (AvgIpc) is 3.34. The molecule has 0 aliphatic carbocycles. The topological polar surface area (TPSA) is 175 Å². The van der Waals surface area contributed by atoms with Gasteiger partial charge in [-0.15, -0.1) is 0 Å². The number of hydrogen-bond acceptors (Lipinski definition) is 10. The number of hydrogen-bond donors (Lipinski definition) is 6. The fraction of sp³-hybridized carbons (Fsp3) is 0.828. The Morgan fingerprint density at radius 1 is 0.580 bits per heavy atom. The third-order valence-electron chi connectivity index (χ3n) is 13.3. The van der Waals surface area contributed by atoms with Crippen LogP contribution in [-0.2, 0) is 23.8 Å². The maximum absolute atomic E-state index is 13.4. The van der Waals surface area contributed by atoms with E-state index in [-0.39, 0.29) is 13.0 Å². The minimum absolute atomic E-state index is 0.111. The molecule has 0 aromatic rings. The van der Waals surface area contributed by atoms with E-state index < -0.39 is 67.4 Å². The number of amides is 1. The van der Waals surface area contributed by atoms with Gasteiger partial charge in [-0.2, -0.15) is 0 Å². The van der Waals surface area contributed by atoms with Crippen molar-refractivity contribution in [2.75, 3.05) is 13.2 Å². The summed E-state index contributed by atoms with van der Waals surface area (Å²) in [5, 5.41) is 56.8. The number of unbranched alkanes of at least 4 members (excludes halogenated alkanes) is 29. The molecule has 0 bridgehead atoms. The number of ether oxygens (including phenoxy) is 3. The van der Waals surface area contributed by atoms with Gasteiger partial charge < -0.3 is 45.1 Å². The van der Waals surface area contributed by atoms with Crippen molar-refractivity contribution in [2.45, 2.75) is 294 Å². The molecule has 69 heavy (non-hydrogen) atoms. The molecule has 1 rings (SSSR count). The average molecular weight is 976 g/mol. The van der Waals surface area contributed by atoms with Crippen molar-refractivity contribution < 1.29 is 49.3 Å². The molecule has 1 saturated heterocycles. The number of carbonyl (C=O) groups excluding carboxylic acids is 2. The molecule has 0 spiro atoms. The number of carbonyl (C=O) groups is 2. The maximum Gasteiger partial charge on any atom is 0.306 e. The first-order valence-electron chi connectivity index (χ1n) is 28.4. The molecule has 1 heterocycles. The second-order valence-electron chi connectivity index (χ2n) is 19.7. The van der Waals surface area contributed by atoms with Crippen molar-refractivity contribution in [1.29, 1.82) is 0 Å². The molecule has 11 nitrogen and oxygen atoms in total. The van der Waals surface area contributed by atoms with Gasteiger partial charge in [-0.1, -0.05) is 243 Å². The zero-order valence-corrected chi connectivity index (χ0v) is 44.2. The molecule has 6 N–H and O–H groups in total. The maximum atomic E-state index is 13.4. The molecule has 8 atom stereocenters. The molecule has 1 amide bonds. The van der Waals surface area contributed by atoms with Crippen LogP contribution in [0.4, 0.5) is 0 Å². The van der Waals surface area contributed by atoms with E-state index in [0.717, 1.165) is 89.9 Å². The predicted octanol–water partition coefficient (Wildman–Crippen LogP) is 12.5. The zero-order chi connectivity index (χ0) is 50.4. The molecule has 0 saturated carbocycles. The lowest BCUT2D eigenvalue weighted by atomic mass is 9.99. The van der Waals surface area contributed by atoms with Gasteiger partial charge in [-0.05, 0) is 44.9 Å². The molecular formula is C58H105NO10. The van der Waals surface area contributed by atoms with E-state index in [1.54, 1.807) is 6.08 Å². The van der Waals surface area contributed by atoms with Gasteiger partial charge in [0.05, 0.1) is 25.4 Å². The second-order valence-corrected chi connectivity index (χ2v) is 19.7. The molecule has 1 fully saturated rings. The van der Waals surface area contributed by atoms with Crippen molar-refractivity contribution in [3.05, 3.63) is 48.6 Å². The van der Waals surface area contributed by atoms with Crippen LogP contribution >= 0.6 is 0 Å². The minimum Gasteiger partial charge on any atom is -0.454 e. The molecule has 1 aliphatic rings. The Bertz CT molecular complexity index is 1300. The summed E-state index contributed by atoms with van der Waals surface area (Å²) in [6, 6.07) is -1.02. The van der Waals surface area contributed by atoms with Gasteiger partial charge in [0.1, 0.15) is 24.4 Å². The Labute approximate surface area is 421 Å². The summed E-state index contributed by atoms with van der Waals surface area (Å²) in [5.41, 5.74) is 0. The largest absolute Gasteiger partial charge is 0.454 e. The van der Waals surface area contributed by atoms with Crippen molar-refractivity contribution in [1.82, 2.24) is 5.32 Å². The van der Waals surface area contributed by atoms with Crippen LogP contribution in [0.2, 0.25) is 0 Å². The molecule has 402 valence electrons. The van der Waals surface area contributed by atoms with Gasteiger partial charge >= 0.3 is 5.97 Å². The lowest BCUT2D eigenvalue weighted by molar-refractivity contribution is -0.305.